The van der Waals surface area contributed by atoms with Gasteiger partial charge in [0.15, 0.2) is 0 Å². The maximum Gasteiger partial charge on any atom is 0.113 e. The predicted octanol–water partition coefficient (Wildman–Crippen LogP) is 16.4. The zero-order valence-corrected chi connectivity index (χ0v) is 45.4. The molecule has 0 N–H and O–H groups in total. The van der Waals surface area contributed by atoms with Crippen LogP contribution in [-0.4, -0.2) is 16.1 Å². The normalized spacial score (nSPS) is 12.6. The highest BCUT2D eigenvalue weighted by molar-refractivity contribution is 7.02. The Morgan fingerprint density at radius 1 is 0.329 bits per heavy atom. The van der Waals surface area contributed by atoms with E-state index in [1.54, 1.807) is 0 Å². The Bertz CT molecular complexity index is 3230. The molecular formula is C66H68N2Si2. The largest absolute Gasteiger partial charge is 0.310 e. The topological polar surface area (TPSA) is 6.48 Å². The summed E-state index contributed by atoms with van der Waals surface area (Å²) in [5, 5.41) is 13.6. The summed E-state index contributed by atoms with van der Waals surface area (Å²) in [6.07, 6.45) is 0. The van der Waals surface area contributed by atoms with Crippen LogP contribution >= 0.6 is 0 Å². The first-order valence-corrected chi connectivity index (χ1v) is 31.2. The highest BCUT2D eigenvalue weighted by atomic mass is 28.3. The average molecular weight is 945 g/mol. The van der Waals surface area contributed by atoms with E-state index in [9.17, 15) is 0 Å². The zero-order chi connectivity index (χ0) is 49.3. The second-order valence-corrected chi connectivity index (χ2v) is 31.6. The van der Waals surface area contributed by atoms with Crippen LogP contribution in [0.1, 0.15) is 63.8 Å². The Morgan fingerprint density at radius 3 is 0.914 bits per heavy atom. The van der Waals surface area contributed by atoms with Crippen LogP contribution in [-0.2, 0) is 10.8 Å². The number of hydrogen-bond acceptors (Lipinski definition) is 2. The van der Waals surface area contributed by atoms with Crippen LogP contribution in [0.15, 0.2) is 194 Å². The van der Waals surface area contributed by atoms with Crippen molar-refractivity contribution < 1.29 is 0 Å². The van der Waals surface area contributed by atoms with E-state index in [1.807, 2.05) is 0 Å². The molecule has 10 aromatic carbocycles. The molecule has 0 saturated heterocycles. The van der Waals surface area contributed by atoms with E-state index in [2.05, 4.69) is 286 Å². The molecule has 350 valence electrons. The monoisotopic (exact) mass is 944 g/mol. The van der Waals surface area contributed by atoms with E-state index in [1.165, 1.54) is 86.7 Å². The van der Waals surface area contributed by atoms with Crippen molar-refractivity contribution in [2.24, 2.45) is 0 Å². The molecule has 0 aliphatic carbocycles. The fraction of sp³-hybridized carbons (Fsp3) is 0.212. The minimum atomic E-state index is -2.37. The highest BCUT2D eigenvalue weighted by Crippen LogP contribution is 2.48. The molecule has 0 radical (unpaired) electrons. The maximum atomic E-state index is 2.58. The lowest BCUT2D eigenvalue weighted by molar-refractivity contribution is 0.590. The van der Waals surface area contributed by atoms with Crippen LogP contribution in [0.5, 0.6) is 0 Å². The van der Waals surface area contributed by atoms with E-state index in [-0.39, 0.29) is 10.8 Å². The molecule has 2 nitrogen and oxygen atoms in total. The van der Waals surface area contributed by atoms with Crippen LogP contribution in [0.3, 0.4) is 0 Å². The van der Waals surface area contributed by atoms with Crippen molar-refractivity contribution in [1.82, 2.24) is 0 Å². The Kier molecular flexibility index (Phi) is 11.8. The van der Waals surface area contributed by atoms with Crippen LogP contribution in [0, 0.1) is 13.8 Å². The van der Waals surface area contributed by atoms with Gasteiger partial charge >= 0.3 is 0 Å². The van der Waals surface area contributed by atoms with Crippen molar-refractivity contribution in [3.05, 3.63) is 216 Å². The Balaban J connectivity index is 1.38. The Morgan fingerprint density at radius 2 is 0.614 bits per heavy atom. The molecule has 70 heavy (non-hydrogen) atoms. The lowest BCUT2D eigenvalue weighted by Crippen LogP contribution is -2.53. The van der Waals surface area contributed by atoms with Crippen LogP contribution < -0.4 is 30.5 Å². The van der Waals surface area contributed by atoms with Gasteiger partial charge in [0.1, 0.15) is 16.1 Å². The number of nitrogens with zero attached hydrogens (tertiary/aromatic N) is 2. The number of rotatable bonds is 10. The van der Waals surface area contributed by atoms with Gasteiger partial charge in [-0.1, -0.05) is 223 Å². The smallest absolute Gasteiger partial charge is 0.113 e. The van der Waals surface area contributed by atoms with Gasteiger partial charge < -0.3 is 9.80 Å². The molecule has 4 heteroatoms. The molecule has 0 unspecified atom stereocenters. The first kappa shape index (κ1) is 47.0. The fourth-order valence-electron chi connectivity index (χ4n) is 10.8. The number of hydrogen-bond donors (Lipinski definition) is 0. The molecule has 0 atom stereocenters. The fourth-order valence-corrected chi connectivity index (χ4v) is 16.3. The van der Waals surface area contributed by atoms with Gasteiger partial charge in [-0.15, -0.1) is 0 Å². The lowest BCUT2D eigenvalue weighted by atomic mass is 9.87. The van der Waals surface area contributed by atoms with E-state index in [0.717, 1.165) is 22.7 Å². The molecule has 0 aromatic heterocycles. The van der Waals surface area contributed by atoms with Gasteiger partial charge in [-0.3, -0.25) is 0 Å². The lowest BCUT2D eigenvalue weighted by Gasteiger charge is -2.35. The molecular weight excluding hydrogens is 877 g/mol. The molecule has 0 heterocycles. The molecule has 10 aromatic rings. The van der Waals surface area contributed by atoms with Gasteiger partial charge in [-0.25, -0.2) is 0 Å². The van der Waals surface area contributed by atoms with Gasteiger partial charge in [0, 0.05) is 33.5 Å². The second kappa shape index (κ2) is 17.6. The molecule has 0 fully saturated rings. The summed E-state index contributed by atoms with van der Waals surface area (Å²) in [4.78, 5) is 5.08. The third-order valence-corrected chi connectivity index (χ3v) is 22.3. The van der Waals surface area contributed by atoms with Crippen molar-refractivity contribution >= 4 is 103 Å². The van der Waals surface area contributed by atoms with E-state index in [4.69, 9.17) is 0 Å². The Labute approximate surface area is 419 Å². The standard InChI is InChI=1S/C66H68N2Si2/c1-45-23-31-49(32-24-45)67(51-35-27-47(28-36-51)65(3,4)5)59-43-61(69(9,10)53-19-15-13-16-20-53)57-42-40-56-60(68(50-33-25-46(2)26-34-50)52-37-29-48(30-38-52)66(6,7)8)44-62(58-41-39-55(59)63(57)64(56)58)70(11,12)54-21-17-14-18-22-54/h13-44H,1-12H3. The molecule has 0 bridgehead atoms. The molecule has 0 amide bonds. The van der Waals surface area contributed by atoms with Gasteiger partial charge in [-0.05, 0) is 128 Å². The summed E-state index contributed by atoms with van der Waals surface area (Å²) in [7, 11) is -4.74. The zero-order valence-electron chi connectivity index (χ0n) is 43.4. The summed E-state index contributed by atoms with van der Waals surface area (Å²) in [6, 6.07) is 74.6. The van der Waals surface area contributed by atoms with Gasteiger partial charge in [-0.2, -0.15) is 0 Å². The van der Waals surface area contributed by atoms with Crippen molar-refractivity contribution in [2.75, 3.05) is 9.80 Å². The van der Waals surface area contributed by atoms with Crippen molar-refractivity contribution in [1.29, 1.82) is 0 Å². The molecule has 0 aliphatic heterocycles. The van der Waals surface area contributed by atoms with Crippen LogP contribution in [0.4, 0.5) is 34.1 Å². The summed E-state index contributed by atoms with van der Waals surface area (Å²) < 4.78 is 0. The number of anilines is 6. The third-order valence-electron chi connectivity index (χ3n) is 15.2. The first-order valence-electron chi connectivity index (χ1n) is 25.2. The summed E-state index contributed by atoms with van der Waals surface area (Å²) in [6.45, 7) is 28.4. The van der Waals surface area contributed by atoms with E-state index >= 15 is 0 Å². The summed E-state index contributed by atoms with van der Waals surface area (Å²) in [5.74, 6) is 0. The second-order valence-electron chi connectivity index (χ2n) is 22.9. The third kappa shape index (κ3) is 8.35. The van der Waals surface area contributed by atoms with Gasteiger partial charge in [0.2, 0.25) is 0 Å². The summed E-state index contributed by atoms with van der Waals surface area (Å²) >= 11 is 0. The van der Waals surface area contributed by atoms with Crippen molar-refractivity contribution in [2.45, 2.75) is 92.4 Å². The van der Waals surface area contributed by atoms with Crippen molar-refractivity contribution in [3.63, 3.8) is 0 Å². The van der Waals surface area contributed by atoms with Gasteiger partial charge in [0.25, 0.3) is 0 Å². The number of benzene rings is 10. The molecule has 10 rings (SSSR count). The van der Waals surface area contributed by atoms with Crippen LogP contribution in [0.25, 0.3) is 32.3 Å². The molecule has 0 aliphatic rings. The highest BCUT2D eigenvalue weighted by Gasteiger charge is 2.35. The van der Waals surface area contributed by atoms with Crippen molar-refractivity contribution in [3.8, 4) is 0 Å². The average Bonchev–Trinajstić information content (AvgIpc) is 3.35. The van der Waals surface area contributed by atoms with Crippen LogP contribution in [0.2, 0.25) is 26.2 Å². The minimum absolute atomic E-state index is 0.0338. The SMILES string of the molecule is Cc1ccc(N(c2ccc(C(C)(C)C)cc2)c2cc([Si](C)(C)c3ccccc3)c3ccc4c(N(c5ccc(C)cc5)c5ccc(C(C)(C)C)cc5)cc([Si](C)(C)c5ccccc5)c5ccc2c3c45)cc1. The molecule has 0 saturated carbocycles. The minimum Gasteiger partial charge on any atom is -0.310 e. The number of aryl methyl sites for hydroxylation is 2. The summed E-state index contributed by atoms with van der Waals surface area (Å²) in [5.41, 5.74) is 12.2. The quantitative estimate of drug-likeness (QED) is 0.0996. The predicted molar refractivity (Wildman–Crippen MR) is 313 cm³/mol. The van der Waals surface area contributed by atoms with E-state index < -0.39 is 16.1 Å². The maximum absolute atomic E-state index is 2.58. The van der Waals surface area contributed by atoms with Gasteiger partial charge in [0.05, 0.1) is 11.4 Å². The van der Waals surface area contributed by atoms with E-state index in [0.29, 0.717) is 0 Å². The molecule has 0 spiro atoms. The first-order chi connectivity index (χ1) is 33.3. The Hall–Kier alpha value is -6.73.